The summed E-state index contributed by atoms with van der Waals surface area (Å²) in [5.74, 6) is -0.432. The molecule has 1 heterocycles. The molecule has 3 rings (SSSR count). The van der Waals surface area contributed by atoms with Gasteiger partial charge in [-0.1, -0.05) is 35.5 Å². The first-order valence-corrected chi connectivity index (χ1v) is 9.98. The van der Waals surface area contributed by atoms with Gasteiger partial charge >= 0.3 is 6.03 Å². The molecule has 0 aliphatic rings. The predicted molar refractivity (Wildman–Crippen MR) is 112 cm³/mol. The number of thioether (sulfide) groups is 1. The second kappa shape index (κ2) is 8.87. The number of benzene rings is 2. The molecular weight excluding hydrogens is 388 g/mol. The second-order valence-electron chi connectivity index (χ2n) is 6.83. The summed E-state index contributed by atoms with van der Waals surface area (Å²) in [6.45, 7) is 7.86. The predicted octanol–water partition coefficient (Wildman–Crippen LogP) is 3.34. The third-order valence-corrected chi connectivity index (χ3v) is 5.03. The maximum absolute atomic E-state index is 12.2. The first kappa shape index (κ1) is 20.5. The summed E-state index contributed by atoms with van der Waals surface area (Å²) in [4.78, 5) is 24.3. The number of tetrazole rings is 1. The van der Waals surface area contributed by atoms with Crippen LogP contribution >= 0.6 is 11.8 Å². The van der Waals surface area contributed by atoms with E-state index >= 15 is 0 Å². The fourth-order valence-electron chi connectivity index (χ4n) is 2.90. The lowest BCUT2D eigenvalue weighted by Crippen LogP contribution is -2.35. The van der Waals surface area contributed by atoms with Gasteiger partial charge in [-0.05, 0) is 73.0 Å². The average molecular weight is 411 g/mol. The molecule has 1 aromatic heterocycles. The fourth-order valence-corrected chi connectivity index (χ4v) is 3.59. The number of imide groups is 1. The Hall–Kier alpha value is -3.20. The Labute approximate surface area is 173 Å². The van der Waals surface area contributed by atoms with Crippen LogP contribution in [0.5, 0.6) is 0 Å². The SMILES string of the molecule is Cc1cc(C)cc(-n2nnnc2SCC(=O)NC(=O)Nc2ccc(C)cc2C)c1. The minimum absolute atomic E-state index is 0.00543. The van der Waals surface area contributed by atoms with E-state index in [-0.39, 0.29) is 5.75 Å². The van der Waals surface area contributed by atoms with E-state index in [1.54, 1.807) is 10.7 Å². The molecule has 2 aromatic carbocycles. The first-order valence-electron chi connectivity index (χ1n) is 9.00. The standard InChI is InChI=1S/C20H22N6O2S/c1-12-5-6-17(15(4)8-12)21-19(28)22-18(27)11-29-20-23-24-25-26(20)16-9-13(2)7-14(3)10-16/h5-10H,11H2,1-4H3,(H2,21,22,27,28). The van der Waals surface area contributed by atoms with Crippen molar-refractivity contribution in [3.05, 3.63) is 58.7 Å². The van der Waals surface area contributed by atoms with Gasteiger partial charge in [-0.15, -0.1) is 5.10 Å². The Kier molecular flexibility index (Phi) is 6.28. The highest BCUT2D eigenvalue weighted by molar-refractivity contribution is 7.99. The number of anilines is 1. The van der Waals surface area contributed by atoms with Crippen molar-refractivity contribution >= 4 is 29.4 Å². The summed E-state index contributed by atoms with van der Waals surface area (Å²) in [6, 6.07) is 11.1. The van der Waals surface area contributed by atoms with Gasteiger partial charge in [0.2, 0.25) is 11.1 Å². The Morgan fingerprint density at radius 1 is 1.00 bits per heavy atom. The maximum atomic E-state index is 12.2. The van der Waals surface area contributed by atoms with Gasteiger partial charge in [-0.25, -0.2) is 4.79 Å². The molecule has 2 N–H and O–H groups in total. The zero-order chi connectivity index (χ0) is 21.0. The summed E-state index contributed by atoms with van der Waals surface area (Å²) in [6.07, 6.45) is 0. The van der Waals surface area contributed by atoms with Crippen LogP contribution in [-0.4, -0.2) is 37.9 Å². The number of carbonyl (C=O) groups excluding carboxylic acids is 2. The number of nitrogens with one attached hydrogen (secondary N) is 2. The lowest BCUT2D eigenvalue weighted by atomic mass is 10.1. The number of hydrogen-bond donors (Lipinski definition) is 2. The lowest BCUT2D eigenvalue weighted by molar-refractivity contribution is -0.117. The maximum Gasteiger partial charge on any atom is 0.325 e. The average Bonchev–Trinajstić information content (AvgIpc) is 3.10. The van der Waals surface area contributed by atoms with Crippen LogP contribution in [-0.2, 0) is 4.79 Å². The smallest absolute Gasteiger partial charge is 0.307 e. The van der Waals surface area contributed by atoms with Crippen LogP contribution in [0.1, 0.15) is 22.3 Å². The van der Waals surface area contributed by atoms with Gasteiger partial charge in [-0.2, -0.15) is 4.68 Å². The summed E-state index contributed by atoms with van der Waals surface area (Å²) < 4.78 is 1.58. The van der Waals surface area contributed by atoms with Crippen molar-refractivity contribution < 1.29 is 9.59 Å². The molecule has 3 amide bonds. The number of rotatable bonds is 5. The van der Waals surface area contributed by atoms with Crippen molar-refractivity contribution in [3.8, 4) is 5.69 Å². The van der Waals surface area contributed by atoms with Crippen LogP contribution < -0.4 is 10.6 Å². The number of amides is 3. The van der Waals surface area contributed by atoms with E-state index in [1.165, 1.54) is 0 Å². The van der Waals surface area contributed by atoms with Crippen LogP contribution in [0, 0.1) is 27.7 Å². The Morgan fingerprint density at radius 3 is 2.41 bits per heavy atom. The van der Waals surface area contributed by atoms with Crippen LogP contribution in [0.3, 0.4) is 0 Å². The molecule has 0 unspecified atom stereocenters. The number of hydrogen-bond acceptors (Lipinski definition) is 6. The minimum Gasteiger partial charge on any atom is -0.307 e. The normalized spacial score (nSPS) is 10.6. The molecule has 3 aromatic rings. The quantitative estimate of drug-likeness (QED) is 0.626. The highest BCUT2D eigenvalue weighted by Gasteiger charge is 2.14. The number of carbonyl (C=O) groups is 2. The van der Waals surface area contributed by atoms with Crippen molar-refractivity contribution in [2.75, 3.05) is 11.1 Å². The molecule has 0 atom stereocenters. The van der Waals surface area contributed by atoms with Gasteiger partial charge in [-0.3, -0.25) is 10.1 Å². The van der Waals surface area contributed by atoms with E-state index < -0.39 is 11.9 Å². The van der Waals surface area contributed by atoms with Crippen molar-refractivity contribution in [1.82, 2.24) is 25.5 Å². The molecule has 8 nitrogen and oxygen atoms in total. The van der Waals surface area contributed by atoms with Crippen molar-refractivity contribution in [1.29, 1.82) is 0 Å². The van der Waals surface area contributed by atoms with Crippen molar-refractivity contribution in [2.24, 2.45) is 0 Å². The topological polar surface area (TPSA) is 102 Å². The van der Waals surface area contributed by atoms with E-state index in [0.717, 1.165) is 39.7 Å². The van der Waals surface area contributed by atoms with E-state index in [4.69, 9.17) is 0 Å². The largest absolute Gasteiger partial charge is 0.325 e. The molecule has 150 valence electrons. The van der Waals surface area contributed by atoms with Gasteiger partial charge in [0, 0.05) is 5.69 Å². The molecule has 29 heavy (non-hydrogen) atoms. The molecule has 0 fully saturated rings. The zero-order valence-corrected chi connectivity index (χ0v) is 17.5. The van der Waals surface area contributed by atoms with Gasteiger partial charge in [0.1, 0.15) is 0 Å². The van der Waals surface area contributed by atoms with Crippen molar-refractivity contribution in [2.45, 2.75) is 32.9 Å². The van der Waals surface area contributed by atoms with E-state index in [0.29, 0.717) is 10.8 Å². The molecule has 0 aliphatic heterocycles. The van der Waals surface area contributed by atoms with Crippen LogP contribution in [0.4, 0.5) is 10.5 Å². The van der Waals surface area contributed by atoms with Crippen LogP contribution in [0.2, 0.25) is 0 Å². The number of aryl methyl sites for hydroxylation is 4. The molecule has 0 saturated heterocycles. The summed E-state index contributed by atoms with van der Waals surface area (Å²) in [7, 11) is 0. The number of urea groups is 1. The Balaban J connectivity index is 1.59. The third kappa shape index (κ3) is 5.41. The molecular formula is C20H22N6O2S. The van der Waals surface area contributed by atoms with Gasteiger partial charge in [0.25, 0.3) is 0 Å². The highest BCUT2D eigenvalue weighted by Crippen LogP contribution is 2.20. The summed E-state index contributed by atoms with van der Waals surface area (Å²) >= 11 is 1.16. The van der Waals surface area contributed by atoms with Crippen LogP contribution in [0.25, 0.3) is 5.69 Å². The second-order valence-corrected chi connectivity index (χ2v) is 7.77. The van der Waals surface area contributed by atoms with Crippen LogP contribution in [0.15, 0.2) is 41.6 Å². The minimum atomic E-state index is -0.573. The van der Waals surface area contributed by atoms with E-state index in [9.17, 15) is 9.59 Å². The van der Waals surface area contributed by atoms with Crippen molar-refractivity contribution in [3.63, 3.8) is 0 Å². The number of aromatic nitrogens is 4. The van der Waals surface area contributed by atoms with E-state index in [1.807, 2.05) is 52.0 Å². The summed E-state index contributed by atoms with van der Waals surface area (Å²) in [5.41, 5.74) is 5.69. The Morgan fingerprint density at radius 2 is 1.72 bits per heavy atom. The van der Waals surface area contributed by atoms with Gasteiger partial charge in [0.15, 0.2) is 0 Å². The van der Waals surface area contributed by atoms with Gasteiger partial charge < -0.3 is 5.32 Å². The molecule has 0 radical (unpaired) electrons. The lowest BCUT2D eigenvalue weighted by Gasteiger charge is -2.10. The number of nitrogens with zero attached hydrogens (tertiary/aromatic N) is 4. The Bertz CT molecular complexity index is 1040. The van der Waals surface area contributed by atoms with E-state index in [2.05, 4.69) is 32.2 Å². The molecule has 0 spiro atoms. The molecule has 0 bridgehead atoms. The van der Waals surface area contributed by atoms with Gasteiger partial charge in [0.05, 0.1) is 11.4 Å². The first-order chi connectivity index (χ1) is 13.8. The third-order valence-electron chi connectivity index (χ3n) is 4.11. The fraction of sp³-hybridized carbons (Fsp3) is 0.250. The molecule has 0 aliphatic carbocycles. The highest BCUT2D eigenvalue weighted by atomic mass is 32.2. The monoisotopic (exact) mass is 410 g/mol. The summed E-state index contributed by atoms with van der Waals surface area (Å²) in [5, 5.41) is 17.2. The zero-order valence-electron chi connectivity index (χ0n) is 16.7. The molecule has 0 saturated carbocycles. The molecule has 9 heteroatoms.